The first-order chi connectivity index (χ1) is 19.3. The van der Waals surface area contributed by atoms with Crippen LogP contribution < -0.4 is 5.32 Å². The number of aliphatic hydroxyl groups is 1. The number of carbonyl (C=O) groups excluding carboxylic acids is 4. The fourth-order valence-corrected chi connectivity index (χ4v) is 10.4. The Morgan fingerprint density at radius 2 is 1.67 bits per heavy atom. The maximum absolute atomic E-state index is 14.5. The standard InChI is InChI=1S/C34H46N2O6/c1-28(2)21-9-10-32(6)22(31(21,5)16-20(18-35)26(28)39)15-24(37)34(41)23-17-30(4,27(40)36-19-25(38)42-8)12-11-29(23,3)13-14-33(32,34)7/h15-16,21,23,41H,9-14,17,19H2,1-8H3,(H,36,40)/t21-,23+,29+,30-,31-,32+,33-,34+/m0/s1. The Morgan fingerprint density at radius 1 is 1.02 bits per heavy atom. The van der Waals surface area contributed by atoms with E-state index in [0.717, 1.165) is 18.4 Å². The molecule has 5 aliphatic carbocycles. The molecule has 1 amide bonds. The number of nitriles is 1. The number of nitrogens with one attached hydrogen (secondary N) is 1. The number of hydrogen-bond acceptors (Lipinski definition) is 7. The number of methoxy groups -OCH3 is 1. The van der Waals surface area contributed by atoms with Gasteiger partial charge < -0.3 is 15.2 Å². The maximum Gasteiger partial charge on any atom is 0.325 e. The van der Waals surface area contributed by atoms with E-state index in [1.807, 2.05) is 20.8 Å². The number of allylic oxidation sites excluding steroid dienone is 3. The van der Waals surface area contributed by atoms with Crippen molar-refractivity contribution in [3.05, 3.63) is 23.3 Å². The molecule has 8 nitrogen and oxygen atoms in total. The zero-order valence-electron chi connectivity index (χ0n) is 26.4. The van der Waals surface area contributed by atoms with Crippen LogP contribution in [0.1, 0.15) is 93.4 Å². The second kappa shape index (κ2) is 9.11. The molecule has 0 saturated heterocycles. The number of fused-ring (bicyclic) bond motifs is 7. The van der Waals surface area contributed by atoms with Gasteiger partial charge in [0.1, 0.15) is 18.2 Å². The highest BCUT2D eigenvalue weighted by Gasteiger charge is 2.75. The highest BCUT2D eigenvalue weighted by atomic mass is 16.5. The molecule has 0 unspecified atom stereocenters. The van der Waals surface area contributed by atoms with Crippen LogP contribution in [0.5, 0.6) is 0 Å². The normalized spacial score (nSPS) is 45.5. The van der Waals surface area contributed by atoms with Gasteiger partial charge in [-0.1, -0.05) is 54.5 Å². The summed E-state index contributed by atoms with van der Waals surface area (Å²) in [6.45, 7) is 13.9. The Bertz CT molecular complexity index is 1390. The molecule has 0 aromatic carbocycles. The molecular formula is C34H46N2O6. The zero-order chi connectivity index (χ0) is 31.3. The van der Waals surface area contributed by atoms with Crippen molar-refractivity contribution in [1.82, 2.24) is 5.32 Å². The number of esters is 1. The Hall–Kier alpha value is -2.79. The lowest BCUT2D eigenvalue weighted by atomic mass is 9.33. The molecular weight excluding hydrogens is 532 g/mol. The number of hydrogen-bond donors (Lipinski definition) is 2. The Balaban J connectivity index is 1.62. The summed E-state index contributed by atoms with van der Waals surface area (Å²) in [5.74, 6) is -1.84. The average molecular weight is 579 g/mol. The van der Waals surface area contributed by atoms with Gasteiger partial charge in [0.2, 0.25) is 5.91 Å². The monoisotopic (exact) mass is 578 g/mol. The summed E-state index contributed by atoms with van der Waals surface area (Å²) in [6, 6.07) is 2.13. The van der Waals surface area contributed by atoms with E-state index >= 15 is 0 Å². The molecule has 0 aromatic rings. The summed E-state index contributed by atoms with van der Waals surface area (Å²) < 4.78 is 4.69. The van der Waals surface area contributed by atoms with Crippen molar-refractivity contribution in [3.63, 3.8) is 0 Å². The molecule has 0 aromatic heterocycles. The summed E-state index contributed by atoms with van der Waals surface area (Å²) in [7, 11) is 1.27. The average Bonchev–Trinajstić information content (AvgIpc) is 2.93. The first-order valence-corrected chi connectivity index (χ1v) is 15.3. The van der Waals surface area contributed by atoms with E-state index in [1.54, 1.807) is 12.2 Å². The molecule has 8 heteroatoms. The SMILES string of the molecule is COC(=O)CNC(=O)[C@@]1(C)CC[C@]2(C)CC[C@@]3(C)[C@]4(C)CC[C@H]5C(C)(C)C(=O)C(C#N)=C[C@]5(C)C4=CC(=O)[C@]3(O)[C@@H]2C1. The van der Waals surface area contributed by atoms with E-state index in [9.17, 15) is 29.5 Å². The molecule has 0 bridgehead atoms. The number of rotatable bonds is 3. The zero-order valence-corrected chi connectivity index (χ0v) is 26.4. The molecule has 0 radical (unpaired) electrons. The molecule has 3 fully saturated rings. The van der Waals surface area contributed by atoms with E-state index in [2.05, 4.69) is 39.1 Å². The van der Waals surface area contributed by atoms with Crippen molar-refractivity contribution < 1.29 is 29.0 Å². The van der Waals surface area contributed by atoms with Crippen LogP contribution in [-0.2, 0) is 23.9 Å². The first-order valence-electron chi connectivity index (χ1n) is 15.3. The topological polar surface area (TPSA) is 134 Å². The second-order valence-electron chi connectivity index (χ2n) is 15.7. The Kier molecular flexibility index (Phi) is 6.65. The largest absolute Gasteiger partial charge is 0.468 e. The van der Waals surface area contributed by atoms with Gasteiger partial charge in [-0.25, -0.2) is 0 Å². The lowest BCUT2D eigenvalue weighted by Crippen LogP contribution is -2.74. The third-order valence-electron chi connectivity index (χ3n) is 13.4. The lowest BCUT2D eigenvalue weighted by Gasteiger charge is -2.71. The van der Waals surface area contributed by atoms with E-state index < -0.39 is 44.6 Å². The number of carbonyl (C=O) groups is 4. The number of ether oxygens (including phenoxy) is 1. The van der Waals surface area contributed by atoms with Crippen molar-refractivity contribution in [2.75, 3.05) is 13.7 Å². The number of ketones is 2. The van der Waals surface area contributed by atoms with Crippen LogP contribution >= 0.6 is 0 Å². The van der Waals surface area contributed by atoms with Gasteiger partial charge in [0, 0.05) is 27.6 Å². The second-order valence-corrected chi connectivity index (χ2v) is 15.7. The fourth-order valence-electron chi connectivity index (χ4n) is 10.4. The van der Waals surface area contributed by atoms with Crippen LogP contribution in [0.3, 0.4) is 0 Å². The van der Waals surface area contributed by atoms with Gasteiger partial charge in [-0.15, -0.1) is 0 Å². The Labute approximate surface area is 249 Å². The van der Waals surface area contributed by atoms with Crippen LogP contribution in [0, 0.1) is 55.7 Å². The highest BCUT2D eigenvalue weighted by molar-refractivity contribution is 6.05. The third-order valence-corrected chi connectivity index (χ3v) is 13.4. The fraction of sp³-hybridized carbons (Fsp3) is 0.735. The number of nitrogens with zero attached hydrogens (tertiary/aromatic N) is 1. The summed E-state index contributed by atoms with van der Waals surface area (Å²) in [5.41, 5.74) is -4.69. The van der Waals surface area contributed by atoms with Gasteiger partial charge in [-0.3, -0.25) is 19.2 Å². The summed E-state index contributed by atoms with van der Waals surface area (Å²) >= 11 is 0. The molecule has 228 valence electrons. The van der Waals surface area contributed by atoms with E-state index in [1.165, 1.54) is 7.11 Å². The third kappa shape index (κ3) is 3.61. The molecule has 0 aliphatic heterocycles. The molecule has 3 saturated carbocycles. The van der Waals surface area contributed by atoms with Gasteiger partial charge in [-0.2, -0.15) is 5.26 Å². The minimum atomic E-state index is -1.70. The number of amides is 1. The van der Waals surface area contributed by atoms with Crippen LogP contribution in [-0.4, -0.2) is 47.8 Å². The molecule has 42 heavy (non-hydrogen) atoms. The van der Waals surface area contributed by atoms with Gasteiger partial charge in [0.25, 0.3) is 0 Å². The maximum atomic E-state index is 14.5. The summed E-state index contributed by atoms with van der Waals surface area (Å²) in [5, 5.41) is 25.6. The first kappa shape index (κ1) is 30.7. The van der Waals surface area contributed by atoms with Gasteiger partial charge in [0.05, 0.1) is 12.7 Å². The predicted molar refractivity (Wildman–Crippen MR) is 155 cm³/mol. The van der Waals surface area contributed by atoms with Gasteiger partial charge in [0.15, 0.2) is 11.6 Å². The van der Waals surface area contributed by atoms with Crippen LogP contribution in [0.4, 0.5) is 0 Å². The quantitative estimate of drug-likeness (QED) is 0.467. The van der Waals surface area contributed by atoms with E-state index in [-0.39, 0.29) is 40.9 Å². The van der Waals surface area contributed by atoms with Crippen LogP contribution in [0.25, 0.3) is 0 Å². The predicted octanol–water partition coefficient (Wildman–Crippen LogP) is 4.61. The number of Topliss-reactive ketones (excluding diaryl/α,β-unsaturated/α-hetero) is 1. The van der Waals surface area contributed by atoms with Gasteiger partial charge >= 0.3 is 5.97 Å². The van der Waals surface area contributed by atoms with Crippen molar-refractivity contribution in [1.29, 1.82) is 5.26 Å². The minimum Gasteiger partial charge on any atom is -0.468 e. The summed E-state index contributed by atoms with van der Waals surface area (Å²) in [4.78, 5) is 52.9. The van der Waals surface area contributed by atoms with Crippen molar-refractivity contribution >= 4 is 23.4 Å². The van der Waals surface area contributed by atoms with Crippen molar-refractivity contribution in [2.45, 2.75) is 99.0 Å². The molecule has 5 aliphatic rings. The molecule has 8 atom stereocenters. The smallest absolute Gasteiger partial charge is 0.325 e. The van der Waals surface area contributed by atoms with Crippen molar-refractivity contribution in [3.8, 4) is 6.07 Å². The molecule has 0 heterocycles. The van der Waals surface area contributed by atoms with Crippen molar-refractivity contribution in [2.24, 2.45) is 44.3 Å². The Morgan fingerprint density at radius 3 is 2.29 bits per heavy atom. The van der Waals surface area contributed by atoms with E-state index in [0.29, 0.717) is 32.1 Å². The molecule has 0 spiro atoms. The van der Waals surface area contributed by atoms with Gasteiger partial charge in [-0.05, 0) is 73.3 Å². The van der Waals surface area contributed by atoms with Crippen LogP contribution in [0.2, 0.25) is 0 Å². The summed E-state index contributed by atoms with van der Waals surface area (Å²) in [6.07, 6.45) is 7.96. The highest BCUT2D eigenvalue weighted by Crippen LogP contribution is 2.75. The lowest BCUT2D eigenvalue weighted by molar-refractivity contribution is -0.242. The van der Waals surface area contributed by atoms with E-state index in [4.69, 9.17) is 4.74 Å². The minimum absolute atomic E-state index is 0.0816. The molecule has 5 rings (SSSR count). The molecule has 2 N–H and O–H groups in total. The van der Waals surface area contributed by atoms with Crippen LogP contribution in [0.15, 0.2) is 23.3 Å².